The van der Waals surface area contributed by atoms with Crippen molar-refractivity contribution in [1.82, 2.24) is 18.8 Å². The molecule has 0 unspecified atom stereocenters. The van der Waals surface area contributed by atoms with Gasteiger partial charge in [0.2, 0.25) is 20.0 Å². The SMILES string of the molecule is CCOc1ccc(S(=O)(=O)N2CCCN(S(=O)(=O)c3c(C)n[nH]c3C)CC2)cc1F. The zero-order valence-corrected chi connectivity index (χ0v) is 18.7. The van der Waals surface area contributed by atoms with Gasteiger partial charge in [-0.2, -0.15) is 13.7 Å². The molecular formula is C18H25FN4O5S2. The number of nitrogens with zero attached hydrogens (tertiary/aromatic N) is 3. The quantitative estimate of drug-likeness (QED) is 0.701. The first-order valence-electron chi connectivity index (χ1n) is 9.53. The molecule has 1 N–H and O–H groups in total. The monoisotopic (exact) mass is 460 g/mol. The Labute approximate surface area is 175 Å². The van der Waals surface area contributed by atoms with E-state index in [4.69, 9.17) is 4.74 Å². The zero-order valence-electron chi connectivity index (χ0n) is 17.1. The van der Waals surface area contributed by atoms with E-state index < -0.39 is 25.9 Å². The van der Waals surface area contributed by atoms with Crippen LogP contribution in [-0.4, -0.2) is 68.4 Å². The number of H-pyrrole nitrogens is 1. The van der Waals surface area contributed by atoms with Crippen molar-refractivity contribution in [1.29, 1.82) is 0 Å². The lowest BCUT2D eigenvalue weighted by atomic mass is 10.3. The van der Waals surface area contributed by atoms with Crippen molar-refractivity contribution in [3.63, 3.8) is 0 Å². The minimum absolute atomic E-state index is 0.00879. The van der Waals surface area contributed by atoms with Gasteiger partial charge in [-0.05, 0) is 45.4 Å². The van der Waals surface area contributed by atoms with Crippen LogP contribution in [0.1, 0.15) is 24.7 Å². The summed E-state index contributed by atoms with van der Waals surface area (Å²) in [6.07, 6.45) is 0.313. The fraction of sp³-hybridized carbons (Fsp3) is 0.500. The van der Waals surface area contributed by atoms with Crippen molar-refractivity contribution in [2.45, 2.75) is 37.0 Å². The Morgan fingerprint density at radius 3 is 2.23 bits per heavy atom. The second-order valence-electron chi connectivity index (χ2n) is 6.95. The summed E-state index contributed by atoms with van der Waals surface area (Å²) in [6, 6.07) is 3.50. The van der Waals surface area contributed by atoms with Gasteiger partial charge in [0.1, 0.15) is 4.90 Å². The van der Waals surface area contributed by atoms with Crippen LogP contribution in [-0.2, 0) is 20.0 Å². The standard InChI is InChI=1S/C18H25FN4O5S2/c1-4-28-17-7-6-15(12-16(17)19)29(24,25)22-8-5-9-23(11-10-22)30(26,27)18-13(2)20-21-14(18)3/h6-7,12H,4-5,8-11H2,1-3H3,(H,20,21). The molecule has 0 bridgehead atoms. The van der Waals surface area contributed by atoms with Crippen molar-refractivity contribution in [3.8, 4) is 5.75 Å². The maximum Gasteiger partial charge on any atom is 0.246 e. The molecule has 166 valence electrons. The van der Waals surface area contributed by atoms with Crippen LogP contribution in [0.15, 0.2) is 28.0 Å². The van der Waals surface area contributed by atoms with Crippen LogP contribution < -0.4 is 4.74 Å². The molecule has 0 amide bonds. The van der Waals surface area contributed by atoms with E-state index in [0.717, 1.165) is 6.07 Å². The van der Waals surface area contributed by atoms with Crippen LogP contribution in [0.2, 0.25) is 0 Å². The molecule has 9 nitrogen and oxygen atoms in total. The summed E-state index contributed by atoms with van der Waals surface area (Å²) in [5.74, 6) is -0.779. The molecule has 0 aliphatic carbocycles. The largest absolute Gasteiger partial charge is 0.491 e. The van der Waals surface area contributed by atoms with Gasteiger partial charge in [-0.15, -0.1) is 0 Å². The van der Waals surface area contributed by atoms with Gasteiger partial charge in [-0.25, -0.2) is 21.2 Å². The summed E-state index contributed by atoms with van der Waals surface area (Å²) in [7, 11) is -7.79. The maximum absolute atomic E-state index is 14.2. The highest BCUT2D eigenvalue weighted by atomic mass is 32.2. The van der Waals surface area contributed by atoms with Crippen molar-refractivity contribution in [2.75, 3.05) is 32.8 Å². The Morgan fingerprint density at radius 2 is 1.70 bits per heavy atom. The molecule has 1 aromatic heterocycles. The van der Waals surface area contributed by atoms with Gasteiger partial charge >= 0.3 is 0 Å². The highest BCUT2D eigenvalue weighted by molar-refractivity contribution is 7.89. The van der Waals surface area contributed by atoms with Crippen molar-refractivity contribution in [2.24, 2.45) is 0 Å². The van der Waals surface area contributed by atoms with Gasteiger partial charge in [-0.3, -0.25) is 5.10 Å². The summed E-state index contributed by atoms with van der Waals surface area (Å²) in [5, 5.41) is 6.60. The fourth-order valence-corrected chi connectivity index (χ4v) is 6.75. The summed E-state index contributed by atoms with van der Waals surface area (Å²) >= 11 is 0. The predicted molar refractivity (Wildman–Crippen MR) is 108 cm³/mol. The predicted octanol–water partition coefficient (Wildman–Crippen LogP) is 1.65. The van der Waals surface area contributed by atoms with Gasteiger partial charge in [0.25, 0.3) is 0 Å². The molecule has 2 heterocycles. The van der Waals surface area contributed by atoms with Crippen LogP contribution in [0, 0.1) is 19.7 Å². The maximum atomic E-state index is 14.2. The van der Waals surface area contributed by atoms with E-state index in [1.165, 1.54) is 20.7 Å². The Bertz CT molecular complexity index is 1110. The molecular weight excluding hydrogens is 435 g/mol. The molecule has 12 heteroatoms. The number of aryl methyl sites for hydroxylation is 2. The number of ether oxygens (including phenoxy) is 1. The molecule has 0 radical (unpaired) electrons. The molecule has 1 aromatic carbocycles. The molecule has 2 aromatic rings. The van der Waals surface area contributed by atoms with E-state index in [1.54, 1.807) is 20.8 Å². The number of sulfonamides is 2. The van der Waals surface area contributed by atoms with Crippen molar-refractivity contribution in [3.05, 3.63) is 35.4 Å². The topological polar surface area (TPSA) is 113 Å². The van der Waals surface area contributed by atoms with E-state index in [-0.39, 0.29) is 48.3 Å². The molecule has 0 spiro atoms. The minimum atomic E-state index is -3.98. The average molecular weight is 461 g/mol. The fourth-order valence-electron chi connectivity index (χ4n) is 3.46. The molecule has 1 fully saturated rings. The zero-order chi connectivity index (χ0) is 22.1. The molecule has 1 aliphatic heterocycles. The lowest BCUT2D eigenvalue weighted by Gasteiger charge is -2.22. The van der Waals surface area contributed by atoms with E-state index >= 15 is 0 Å². The summed E-state index contributed by atoms with van der Waals surface area (Å²) in [5.41, 5.74) is 0.803. The van der Waals surface area contributed by atoms with Crippen LogP contribution in [0.5, 0.6) is 5.75 Å². The first-order valence-corrected chi connectivity index (χ1v) is 12.4. The highest BCUT2D eigenvalue weighted by Gasteiger charge is 2.34. The van der Waals surface area contributed by atoms with E-state index in [1.807, 2.05) is 0 Å². The summed E-state index contributed by atoms with van der Waals surface area (Å²) < 4.78 is 73.8. The average Bonchev–Trinajstić information content (AvgIpc) is 2.88. The van der Waals surface area contributed by atoms with Gasteiger partial charge < -0.3 is 4.74 Å². The van der Waals surface area contributed by atoms with Crippen LogP contribution >= 0.6 is 0 Å². The third-order valence-electron chi connectivity index (χ3n) is 4.91. The minimum Gasteiger partial charge on any atom is -0.491 e. The number of aromatic nitrogens is 2. The molecule has 3 rings (SSSR count). The van der Waals surface area contributed by atoms with E-state index in [0.29, 0.717) is 17.8 Å². The number of nitrogens with one attached hydrogen (secondary N) is 1. The number of rotatable bonds is 6. The van der Waals surface area contributed by atoms with Crippen LogP contribution in [0.25, 0.3) is 0 Å². The first kappa shape index (κ1) is 22.7. The Balaban J connectivity index is 1.82. The number of hydrogen-bond acceptors (Lipinski definition) is 6. The Morgan fingerprint density at radius 1 is 1.07 bits per heavy atom. The van der Waals surface area contributed by atoms with Crippen LogP contribution in [0.3, 0.4) is 0 Å². The molecule has 0 saturated carbocycles. The van der Waals surface area contributed by atoms with Gasteiger partial charge in [0, 0.05) is 26.2 Å². The summed E-state index contributed by atoms with van der Waals surface area (Å²) in [6.45, 7) is 5.45. The lowest BCUT2D eigenvalue weighted by molar-refractivity contribution is 0.321. The Hall–Kier alpha value is -2.02. The third kappa shape index (κ3) is 4.22. The highest BCUT2D eigenvalue weighted by Crippen LogP contribution is 2.26. The van der Waals surface area contributed by atoms with Crippen LogP contribution in [0.4, 0.5) is 4.39 Å². The van der Waals surface area contributed by atoms with Gasteiger partial charge in [0.15, 0.2) is 11.6 Å². The lowest BCUT2D eigenvalue weighted by Crippen LogP contribution is -2.37. The summed E-state index contributed by atoms with van der Waals surface area (Å²) in [4.78, 5) is -0.0753. The number of hydrogen-bond donors (Lipinski definition) is 1. The second kappa shape index (κ2) is 8.61. The number of halogens is 1. The molecule has 30 heavy (non-hydrogen) atoms. The molecule has 0 atom stereocenters. The smallest absolute Gasteiger partial charge is 0.246 e. The number of benzene rings is 1. The van der Waals surface area contributed by atoms with Crippen molar-refractivity contribution < 1.29 is 26.0 Å². The third-order valence-corrected chi connectivity index (χ3v) is 8.97. The Kier molecular flexibility index (Phi) is 6.51. The molecule has 1 saturated heterocycles. The van der Waals surface area contributed by atoms with Crippen molar-refractivity contribution >= 4 is 20.0 Å². The second-order valence-corrected chi connectivity index (χ2v) is 10.8. The van der Waals surface area contributed by atoms with E-state index in [9.17, 15) is 21.2 Å². The molecule has 1 aliphatic rings. The first-order chi connectivity index (χ1) is 14.1. The van der Waals surface area contributed by atoms with Gasteiger partial charge in [0.05, 0.1) is 22.9 Å². The normalized spacial score (nSPS) is 17.1. The van der Waals surface area contributed by atoms with Gasteiger partial charge in [-0.1, -0.05) is 0 Å². The van der Waals surface area contributed by atoms with E-state index in [2.05, 4.69) is 10.2 Å². The number of aromatic amines is 1.